The molecule has 1 aliphatic heterocycles. The van der Waals surface area contributed by atoms with E-state index in [0.29, 0.717) is 16.4 Å². The molecule has 35 heavy (non-hydrogen) atoms. The molecular formula is C26H20F2N4O2S. The molecular weight excluding hydrogens is 470 g/mol. The summed E-state index contributed by atoms with van der Waals surface area (Å²) in [4.78, 5) is 32.9. The van der Waals surface area contributed by atoms with E-state index in [0.717, 1.165) is 23.5 Å². The van der Waals surface area contributed by atoms with E-state index in [1.807, 2.05) is 19.9 Å². The van der Waals surface area contributed by atoms with Crippen molar-refractivity contribution in [2.45, 2.75) is 25.8 Å². The minimum absolute atomic E-state index is 0.0310. The maximum Gasteiger partial charge on any atom is 0.254 e. The Bertz CT molecular complexity index is 1400. The lowest BCUT2D eigenvalue weighted by molar-refractivity contribution is -0.119. The number of hydrogen-bond acceptors (Lipinski definition) is 4. The van der Waals surface area contributed by atoms with Crippen LogP contribution in [0.3, 0.4) is 0 Å². The first-order valence-electron chi connectivity index (χ1n) is 10.8. The fourth-order valence-electron chi connectivity index (χ4n) is 4.32. The Labute approximate surface area is 205 Å². The lowest BCUT2D eigenvalue weighted by atomic mass is 9.81. The third kappa shape index (κ3) is 4.77. The van der Waals surface area contributed by atoms with Crippen molar-refractivity contribution in [1.82, 2.24) is 4.90 Å². The molecule has 0 radical (unpaired) electrons. The molecule has 1 aliphatic rings. The fourth-order valence-corrected chi connectivity index (χ4v) is 5.26. The minimum Gasteiger partial charge on any atom is -0.329 e. The van der Waals surface area contributed by atoms with Gasteiger partial charge in [0.05, 0.1) is 30.2 Å². The fraction of sp³-hybridized carbons (Fsp3) is 0.231. The van der Waals surface area contributed by atoms with Gasteiger partial charge in [0.25, 0.3) is 5.91 Å². The molecule has 0 saturated carbocycles. The molecule has 1 aromatic heterocycles. The second kappa shape index (κ2) is 9.65. The van der Waals surface area contributed by atoms with Gasteiger partial charge in [0.1, 0.15) is 11.6 Å². The Hall–Kier alpha value is -4.08. The topological polar surface area (TPSA) is 77.6 Å². The van der Waals surface area contributed by atoms with Gasteiger partial charge < -0.3 is 10.2 Å². The quantitative estimate of drug-likeness (QED) is 0.444. The molecule has 0 spiro atoms. The molecule has 3 aromatic rings. The standard InChI is InChI=1S/C26H20F2N4O2S/c1-14(2)13-32-24(21-6-7-22(30-3)35-21)23(20-11-16(27)4-5-19(20)26(32)34)25(33)31-18-9-15(12-29)8-17(28)10-18/h4-11,14,23-24H,13H2,1-2H3,(H,31,33)/t23-,24+/m0/s1. The minimum atomic E-state index is -1.04. The highest BCUT2D eigenvalue weighted by molar-refractivity contribution is 7.16. The Morgan fingerprint density at radius 2 is 1.97 bits per heavy atom. The molecule has 0 saturated heterocycles. The molecule has 2 amide bonds. The molecule has 0 unspecified atom stereocenters. The number of nitrogens with one attached hydrogen (secondary N) is 1. The summed E-state index contributed by atoms with van der Waals surface area (Å²) in [5.74, 6) is -3.19. The monoisotopic (exact) mass is 490 g/mol. The summed E-state index contributed by atoms with van der Waals surface area (Å²) in [6, 6.07) is 11.5. The van der Waals surface area contributed by atoms with Crippen molar-refractivity contribution >= 4 is 33.8 Å². The average Bonchev–Trinajstić information content (AvgIpc) is 3.28. The molecule has 2 aromatic carbocycles. The van der Waals surface area contributed by atoms with E-state index >= 15 is 0 Å². The Kier molecular flexibility index (Phi) is 6.63. The predicted molar refractivity (Wildman–Crippen MR) is 128 cm³/mol. The number of rotatable bonds is 5. The lowest BCUT2D eigenvalue weighted by Crippen LogP contribution is -2.47. The van der Waals surface area contributed by atoms with Gasteiger partial charge in [0, 0.05) is 22.7 Å². The van der Waals surface area contributed by atoms with Crippen molar-refractivity contribution in [2.24, 2.45) is 5.92 Å². The van der Waals surface area contributed by atoms with Crippen molar-refractivity contribution in [1.29, 1.82) is 5.26 Å². The first kappa shape index (κ1) is 24.1. The molecule has 9 heteroatoms. The second-order valence-electron chi connectivity index (χ2n) is 8.62. The molecule has 2 atom stereocenters. The highest BCUT2D eigenvalue weighted by atomic mass is 32.1. The summed E-state index contributed by atoms with van der Waals surface area (Å²) in [6.45, 7) is 11.5. The third-order valence-electron chi connectivity index (χ3n) is 5.64. The number of anilines is 1. The van der Waals surface area contributed by atoms with E-state index in [4.69, 9.17) is 11.8 Å². The predicted octanol–water partition coefficient (Wildman–Crippen LogP) is 6.02. The number of thiophene rings is 1. The molecule has 0 bridgehead atoms. The van der Waals surface area contributed by atoms with Crippen molar-refractivity contribution in [2.75, 3.05) is 11.9 Å². The molecule has 1 N–H and O–H groups in total. The van der Waals surface area contributed by atoms with E-state index in [-0.39, 0.29) is 34.2 Å². The lowest BCUT2D eigenvalue weighted by Gasteiger charge is -2.42. The van der Waals surface area contributed by atoms with Crippen LogP contribution in [0.2, 0.25) is 0 Å². The summed E-state index contributed by atoms with van der Waals surface area (Å²) in [6.07, 6.45) is 0. The van der Waals surface area contributed by atoms with Gasteiger partial charge in [-0.15, -0.1) is 0 Å². The second-order valence-corrected chi connectivity index (χ2v) is 9.72. The van der Waals surface area contributed by atoms with Crippen LogP contribution in [-0.2, 0) is 4.79 Å². The van der Waals surface area contributed by atoms with Gasteiger partial charge in [-0.25, -0.2) is 13.6 Å². The van der Waals surface area contributed by atoms with Gasteiger partial charge >= 0.3 is 0 Å². The number of hydrogen-bond donors (Lipinski definition) is 1. The van der Waals surface area contributed by atoms with Crippen LogP contribution >= 0.6 is 11.3 Å². The van der Waals surface area contributed by atoms with E-state index < -0.39 is 29.5 Å². The maximum absolute atomic E-state index is 14.4. The number of halogens is 2. The largest absolute Gasteiger partial charge is 0.329 e. The zero-order valence-electron chi connectivity index (χ0n) is 18.9. The number of carbonyl (C=O) groups is 2. The Morgan fingerprint density at radius 1 is 1.20 bits per heavy atom. The van der Waals surface area contributed by atoms with Crippen LogP contribution in [0.4, 0.5) is 19.5 Å². The molecule has 176 valence electrons. The van der Waals surface area contributed by atoms with Crippen LogP contribution in [0.5, 0.6) is 0 Å². The van der Waals surface area contributed by atoms with Gasteiger partial charge in [-0.05, 0) is 53.9 Å². The number of fused-ring (bicyclic) bond motifs is 1. The van der Waals surface area contributed by atoms with Crippen molar-refractivity contribution in [3.8, 4) is 6.07 Å². The van der Waals surface area contributed by atoms with Gasteiger partial charge in [-0.2, -0.15) is 16.6 Å². The molecule has 0 aliphatic carbocycles. The smallest absolute Gasteiger partial charge is 0.254 e. The number of benzene rings is 2. The number of amides is 2. The average molecular weight is 491 g/mol. The van der Waals surface area contributed by atoms with Crippen molar-refractivity contribution < 1.29 is 18.4 Å². The van der Waals surface area contributed by atoms with Crippen LogP contribution in [0.25, 0.3) is 4.85 Å². The summed E-state index contributed by atoms with van der Waals surface area (Å²) in [5, 5.41) is 12.2. The van der Waals surface area contributed by atoms with Gasteiger partial charge in [-0.3, -0.25) is 9.59 Å². The van der Waals surface area contributed by atoms with Gasteiger partial charge in [-0.1, -0.05) is 19.9 Å². The summed E-state index contributed by atoms with van der Waals surface area (Å²) < 4.78 is 28.4. The van der Waals surface area contributed by atoms with Crippen LogP contribution < -0.4 is 5.32 Å². The Morgan fingerprint density at radius 3 is 2.63 bits per heavy atom. The van der Waals surface area contributed by atoms with E-state index in [2.05, 4.69) is 10.2 Å². The van der Waals surface area contributed by atoms with Crippen LogP contribution in [-0.4, -0.2) is 23.3 Å². The molecule has 0 fully saturated rings. The van der Waals surface area contributed by atoms with Gasteiger partial charge in [0.15, 0.2) is 0 Å². The van der Waals surface area contributed by atoms with Gasteiger partial charge in [0.2, 0.25) is 10.9 Å². The SMILES string of the molecule is [C-]#[N+]c1ccc([C@@H]2[C@@H](C(=O)Nc3cc(F)cc(C#N)c3)c3cc(F)ccc3C(=O)N2CC(C)C)s1. The molecule has 2 heterocycles. The van der Waals surface area contributed by atoms with Crippen LogP contribution in [0, 0.1) is 35.5 Å². The zero-order valence-corrected chi connectivity index (χ0v) is 19.7. The van der Waals surface area contributed by atoms with E-state index in [1.54, 1.807) is 17.0 Å². The number of nitriles is 1. The number of nitrogens with zero attached hydrogens (tertiary/aromatic N) is 3. The van der Waals surface area contributed by atoms with Crippen LogP contribution in [0.1, 0.15) is 52.2 Å². The zero-order chi connectivity index (χ0) is 25.3. The summed E-state index contributed by atoms with van der Waals surface area (Å²) in [7, 11) is 0. The highest BCUT2D eigenvalue weighted by Crippen LogP contribution is 2.47. The number of carbonyl (C=O) groups excluding carboxylic acids is 2. The molecule has 6 nitrogen and oxygen atoms in total. The Balaban J connectivity index is 1.88. The summed E-state index contributed by atoms with van der Waals surface area (Å²) in [5.41, 5.74) is 0.529. The maximum atomic E-state index is 14.4. The van der Waals surface area contributed by atoms with E-state index in [1.165, 1.54) is 24.3 Å². The highest BCUT2D eigenvalue weighted by Gasteiger charge is 2.45. The normalized spacial score (nSPS) is 17.0. The molecule has 4 rings (SSSR count). The van der Waals surface area contributed by atoms with Crippen molar-refractivity contribution in [3.63, 3.8) is 0 Å². The summed E-state index contributed by atoms with van der Waals surface area (Å²) >= 11 is 1.16. The first-order chi connectivity index (χ1) is 16.7. The first-order valence-corrected chi connectivity index (χ1v) is 11.6. The van der Waals surface area contributed by atoms with E-state index in [9.17, 15) is 18.4 Å². The van der Waals surface area contributed by atoms with Crippen LogP contribution in [0.15, 0.2) is 48.5 Å². The van der Waals surface area contributed by atoms with Crippen molar-refractivity contribution in [3.05, 3.63) is 93.2 Å². The third-order valence-corrected chi connectivity index (χ3v) is 6.69.